The molecule has 3 nitrogen and oxygen atoms in total. The van der Waals surface area contributed by atoms with E-state index in [9.17, 15) is 13.5 Å². The molecule has 1 rings (SSSR count). The highest BCUT2D eigenvalue weighted by atomic mass is 35.5. The minimum atomic E-state index is -3.18. The summed E-state index contributed by atoms with van der Waals surface area (Å²) in [6.07, 6.45) is 0.0736. The Bertz CT molecular complexity index is 414. The second-order valence-electron chi connectivity index (χ2n) is 3.16. The molecule has 14 heavy (non-hydrogen) atoms. The number of halogens is 1. The third-order valence-corrected chi connectivity index (χ3v) is 2.85. The van der Waals surface area contributed by atoms with Crippen LogP contribution in [0.2, 0.25) is 5.02 Å². The minimum Gasteiger partial charge on any atom is -0.387 e. The molecule has 0 aliphatic carbocycles. The van der Waals surface area contributed by atoms with Crippen LogP contribution >= 0.6 is 11.6 Å². The van der Waals surface area contributed by atoms with Crippen molar-refractivity contribution in [2.75, 3.05) is 12.0 Å². The first-order chi connectivity index (χ1) is 6.38. The van der Waals surface area contributed by atoms with Crippen molar-refractivity contribution in [3.8, 4) is 0 Å². The lowest BCUT2D eigenvalue weighted by atomic mass is 10.1. The Morgan fingerprint density at radius 2 is 2.14 bits per heavy atom. The summed E-state index contributed by atoms with van der Waals surface area (Å²) < 4.78 is 21.8. The van der Waals surface area contributed by atoms with Crippen LogP contribution in [0.3, 0.4) is 0 Å². The number of sulfone groups is 1. The van der Waals surface area contributed by atoms with E-state index >= 15 is 0 Å². The van der Waals surface area contributed by atoms with Gasteiger partial charge < -0.3 is 5.11 Å². The van der Waals surface area contributed by atoms with Gasteiger partial charge in [-0.05, 0) is 17.7 Å². The molecule has 0 bridgehead atoms. The Morgan fingerprint density at radius 1 is 1.50 bits per heavy atom. The van der Waals surface area contributed by atoms with E-state index in [1.54, 1.807) is 24.3 Å². The minimum absolute atomic E-state index is 0.284. The lowest BCUT2D eigenvalue weighted by molar-refractivity contribution is 0.202. The molecule has 0 aliphatic rings. The largest absolute Gasteiger partial charge is 0.387 e. The van der Waals surface area contributed by atoms with Gasteiger partial charge in [0.25, 0.3) is 0 Å². The number of benzene rings is 1. The molecule has 0 aliphatic heterocycles. The quantitative estimate of drug-likeness (QED) is 0.861. The Morgan fingerprint density at radius 3 is 2.64 bits per heavy atom. The van der Waals surface area contributed by atoms with Gasteiger partial charge in [-0.15, -0.1) is 0 Å². The van der Waals surface area contributed by atoms with Crippen LogP contribution < -0.4 is 0 Å². The van der Waals surface area contributed by atoms with Gasteiger partial charge in [-0.2, -0.15) is 0 Å². The van der Waals surface area contributed by atoms with Gasteiger partial charge in [-0.1, -0.05) is 23.7 Å². The molecule has 1 aromatic carbocycles. The second kappa shape index (κ2) is 4.29. The summed E-state index contributed by atoms with van der Waals surface area (Å²) >= 11 is 5.70. The fourth-order valence-electron chi connectivity index (χ4n) is 1.10. The summed E-state index contributed by atoms with van der Waals surface area (Å²) in [7, 11) is -3.18. The summed E-state index contributed by atoms with van der Waals surface area (Å²) in [5.74, 6) is -0.284. The van der Waals surface area contributed by atoms with E-state index < -0.39 is 15.9 Å². The normalized spacial score (nSPS) is 13.9. The standard InChI is InChI=1S/C9H11ClO3S/c1-14(12,13)6-9(11)7-3-2-4-8(10)5-7/h2-5,9,11H,6H2,1H3/t9-/m1/s1. The summed E-state index contributed by atoms with van der Waals surface area (Å²) in [6.45, 7) is 0. The Labute approximate surface area is 88.2 Å². The first kappa shape index (κ1) is 11.5. The number of aliphatic hydroxyl groups excluding tert-OH is 1. The fourth-order valence-corrected chi connectivity index (χ4v) is 2.06. The van der Waals surface area contributed by atoms with Gasteiger partial charge in [0.15, 0.2) is 0 Å². The zero-order valence-corrected chi connectivity index (χ0v) is 9.22. The van der Waals surface area contributed by atoms with Crippen LogP contribution in [0.15, 0.2) is 24.3 Å². The maximum atomic E-state index is 10.9. The molecule has 0 saturated heterocycles. The zero-order chi connectivity index (χ0) is 10.8. The zero-order valence-electron chi connectivity index (χ0n) is 7.64. The van der Waals surface area contributed by atoms with Gasteiger partial charge in [0.2, 0.25) is 0 Å². The van der Waals surface area contributed by atoms with Crippen molar-refractivity contribution in [1.29, 1.82) is 0 Å². The van der Waals surface area contributed by atoms with Gasteiger partial charge in [0.1, 0.15) is 9.84 Å². The molecule has 1 aromatic rings. The van der Waals surface area contributed by atoms with E-state index in [4.69, 9.17) is 11.6 Å². The molecule has 0 spiro atoms. The highest BCUT2D eigenvalue weighted by Gasteiger charge is 2.14. The summed E-state index contributed by atoms with van der Waals surface area (Å²) in [5, 5.41) is 10.0. The van der Waals surface area contributed by atoms with Gasteiger partial charge >= 0.3 is 0 Å². The van der Waals surface area contributed by atoms with Crippen LogP contribution in [0.1, 0.15) is 11.7 Å². The van der Waals surface area contributed by atoms with Crippen molar-refractivity contribution >= 4 is 21.4 Å². The van der Waals surface area contributed by atoms with Crippen LogP contribution in [0.5, 0.6) is 0 Å². The molecule has 1 N–H and O–H groups in total. The summed E-state index contributed by atoms with van der Waals surface area (Å²) in [5.41, 5.74) is 0.517. The van der Waals surface area contributed by atoms with Gasteiger partial charge in [-0.25, -0.2) is 8.42 Å². The lowest BCUT2D eigenvalue weighted by Gasteiger charge is -2.09. The van der Waals surface area contributed by atoms with E-state index in [2.05, 4.69) is 0 Å². The highest BCUT2D eigenvalue weighted by Crippen LogP contribution is 2.18. The topological polar surface area (TPSA) is 54.4 Å². The van der Waals surface area contributed by atoms with E-state index in [0.717, 1.165) is 6.26 Å². The van der Waals surface area contributed by atoms with Crippen molar-refractivity contribution in [3.05, 3.63) is 34.9 Å². The van der Waals surface area contributed by atoms with Crippen molar-refractivity contribution < 1.29 is 13.5 Å². The molecule has 0 unspecified atom stereocenters. The van der Waals surface area contributed by atoms with Gasteiger partial charge in [0.05, 0.1) is 11.9 Å². The SMILES string of the molecule is CS(=O)(=O)C[C@@H](O)c1cccc(Cl)c1. The molecule has 5 heteroatoms. The number of hydrogen-bond donors (Lipinski definition) is 1. The predicted octanol–water partition coefficient (Wildman–Crippen LogP) is 1.42. The maximum Gasteiger partial charge on any atom is 0.150 e. The molecule has 0 radical (unpaired) electrons. The molecule has 1 atom stereocenters. The fraction of sp³-hybridized carbons (Fsp3) is 0.333. The molecule has 0 saturated carbocycles. The molecule has 0 heterocycles. The number of rotatable bonds is 3. The summed E-state index contributed by atoms with van der Waals surface area (Å²) in [6, 6.07) is 6.53. The molecule has 0 fully saturated rings. The maximum absolute atomic E-state index is 10.9. The van der Waals surface area contributed by atoms with Gasteiger partial charge in [0, 0.05) is 11.3 Å². The van der Waals surface area contributed by atoms with E-state index in [-0.39, 0.29) is 5.75 Å². The van der Waals surface area contributed by atoms with Crippen molar-refractivity contribution in [2.24, 2.45) is 0 Å². The monoisotopic (exact) mass is 234 g/mol. The molecule has 0 aromatic heterocycles. The second-order valence-corrected chi connectivity index (χ2v) is 5.78. The highest BCUT2D eigenvalue weighted by molar-refractivity contribution is 7.90. The molecular formula is C9H11ClO3S. The van der Waals surface area contributed by atoms with E-state index in [1.165, 1.54) is 0 Å². The van der Waals surface area contributed by atoms with E-state index in [0.29, 0.717) is 10.6 Å². The number of aliphatic hydroxyl groups is 1. The molecule has 0 amide bonds. The van der Waals surface area contributed by atoms with Crippen LogP contribution in [-0.2, 0) is 9.84 Å². The third-order valence-electron chi connectivity index (χ3n) is 1.69. The Kier molecular flexibility index (Phi) is 3.53. The van der Waals surface area contributed by atoms with Gasteiger partial charge in [-0.3, -0.25) is 0 Å². The smallest absolute Gasteiger partial charge is 0.150 e. The third kappa shape index (κ3) is 3.65. The van der Waals surface area contributed by atoms with Crippen LogP contribution in [0.4, 0.5) is 0 Å². The first-order valence-electron chi connectivity index (χ1n) is 4.00. The predicted molar refractivity (Wildman–Crippen MR) is 56.1 cm³/mol. The number of hydrogen-bond acceptors (Lipinski definition) is 3. The lowest BCUT2D eigenvalue weighted by Crippen LogP contribution is -2.12. The average molecular weight is 235 g/mol. The van der Waals surface area contributed by atoms with E-state index in [1.807, 2.05) is 0 Å². The average Bonchev–Trinajstić information content (AvgIpc) is 2.01. The molecule has 78 valence electrons. The van der Waals surface area contributed by atoms with Crippen LogP contribution in [-0.4, -0.2) is 25.5 Å². The van der Waals surface area contributed by atoms with Crippen molar-refractivity contribution in [2.45, 2.75) is 6.10 Å². The van der Waals surface area contributed by atoms with Crippen molar-refractivity contribution in [3.63, 3.8) is 0 Å². The summed E-state index contributed by atoms with van der Waals surface area (Å²) in [4.78, 5) is 0. The van der Waals surface area contributed by atoms with Crippen LogP contribution in [0.25, 0.3) is 0 Å². The Hall–Kier alpha value is -0.580. The molecular weight excluding hydrogens is 224 g/mol. The Balaban J connectivity index is 2.85. The van der Waals surface area contributed by atoms with Crippen LogP contribution in [0, 0.1) is 0 Å². The first-order valence-corrected chi connectivity index (χ1v) is 6.43. The van der Waals surface area contributed by atoms with Crippen molar-refractivity contribution in [1.82, 2.24) is 0 Å².